The molecule has 1 heterocycles. The molecular formula is C15H31N3. The summed E-state index contributed by atoms with van der Waals surface area (Å²) in [6.45, 7) is 15.2. The van der Waals surface area contributed by atoms with Crippen LogP contribution in [0.25, 0.3) is 0 Å². The first kappa shape index (κ1) is 15.7. The number of nitrogens with zero attached hydrogens (tertiary/aromatic N) is 2. The molecule has 0 atom stereocenters. The Balaban J connectivity index is 2.22. The van der Waals surface area contributed by atoms with E-state index in [-0.39, 0.29) is 5.54 Å². The summed E-state index contributed by atoms with van der Waals surface area (Å²) in [6.07, 6.45) is 2.57. The van der Waals surface area contributed by atoms with E-state index in [9.17, 15) is 0 Å². The van der Waals surface area contributed by atoms with Crippen LogP contribution in [0.3, 0.4) is 0 Å². The molecule has 0 aliphatic carbocycles. The standard InChI is InChI=1S/C15H31N3/c1-13(11-16-15(2,3)4)12-18-9-7-14(8-10-18)17(5)6/h14,16H,1,7-12H2,2-6H3. The number of likely N-dealkylation sites (tertiary alicyclic amines) is 1. The maximum atomic E-state index is 4.19. The van der Waals surface area contributed by atoms with Crippen LogP contribution in [0.2, 0.25) is 0 Å². The summed E-state index contributed by atoms with van der Waals surface area (Å²) in [7, 11) is 4.37. The molecule has 0 amide bonds. The Morgan fingerprint density at radius 3 is 2.28 bits per heavy atom. The molecule has 1 fully saturated rings. The van der Waals surface area contributed by atoms with Crippen molar-refractivity contribution in [2.45, 2.75) is 45.2 Å². The predicted molar refractivity (Wildman–Crippen MR) is 80.0 cm³/mol. The molecule has 0 aromatic rings. The van der Waals surface area contributed by atoms with E-state index >= 15 is 0 Å². The van der Waals surface area contributed by atoms with Crippen LogP contribution in [0.4, 0.5) is 0 Å². The van der Waals surface area contributed by atoms with Crippen LogP contribution in [-0.2, 0) is 0 Å². The molecule has 1 N–H and O–H groups in total. The van der Waals surface area contributed by atoms with Gasteiger partial charge in [0.05, 0.1) is 0 Å². The van der Waals surface area contributed by atoms with E-state index in [2.05, 4.69) is 56.6 Å². The van der Waals surface area contributed by atoms with E-state index in [0.29, 0.717) is 0 Å². The minimum atomic E-state index is 0.181. The second-order valence-electron chi connectivity index (χ2n) is 6.82. The van der Waals surface area contributed by atoms with Gasteiger partial charge in [-0.2, -0.15) is 0 Å². The topological polar surface area (TPSA) is 18.5 Å². The third kappa shape index (κ3) is 5.98. The highest BCUT2D eigenvalue weighted by molar-refractivity contribution is 5.01. The largest absolute Gasteiger partial charge is 0.308 e. The predicted octanol–water partition coefficient (Wildman–Crippen LogP) is 1.96. The number of hydrogen-bond donors (Lipinski definition) is 1. The molecule has 0 saturated carbocycles. The number of piperidine rings is 1. The third-order valence-electron chi connectivity index (χ3n) is 3.60. The molecule has 1 aliphatic rings. The fourth-order valence-electron chi connectivity index (χ4n) is 2.36. The van der Waals surface area contributed by atoms with E-state index in [1.807, 2.05) is 0 Å². The van der Waals surface area contributed by atoms with E-state index in [4.69, 9.17) is 0 Å². The van der Waals surface area contributed by atoms with E-state index in [0.717, 1.165) is 19.1 Å². The third-order valence-corrected chi connectivity index (χ3v) is 3.60. The summed E-state index contributed by atoms with van der Waals surface area (Å²) >= 11 is 0. The summed E-state index contributed by atoms with van der Waals surface area (Å²) < 4.78 is 0. The average molecular weight is 253 g/mol. The molecule has 0 bridgehead atoms. The molecule has 0 aromatic heterocycles. The Kier molecular flexibility index (Phi) is 5.83. The van der Waals surface area contributed by atoms with Crippen molar-refractivity contribution < 1.29 is 0 Å². The zero-order valence-electron chi connectivity index (χ0n) is 12.9. The van der Waals surface area contributed by atoms with Crippen molar-refractivity contribution in [3.05, 3.63) is 12.2 Å². The fraction of sp³-hybridized carbons (Fsp3) is 0.867. The van der Waals surface area contributed by atoms with Gasteiger partial charge in [-0.25, -0.2) is 0 Å². The van der Waals surface area contributed by atoms with Crippen LogP contribution in [0, 0.1) is 0 Å². The molecule has 18 heavy (non-hydrogen) atoms. The van der Waals surface area contributed by atoms with Gasteiger partial charge in [0.2, 0.25) is 0 Å². The van der Waals surface area contributed by atoms with Crippen molar-refractivity contribution in [1.29, 1.82) is 0 Å². The molecule has 106 valence electrons. The maximum Gasteiger partial charge on any atom is 0.0202 e. The highest BCUT2D eigenvalue weighted by Crippen LogP contribution is 2.15. The van der Waals surface area contributed by atoms with E-state index in [1.165, 1.54) is 31.5 Å². The number of nitrogens with one attached hydrogen (secondary N) is 1. The van der Waals surface area contributed by atoms with Gasteiger partial charge in [-0.1, -0.05) is 6.58 Å². The van der Waals surface area contributed by atoms with Crippen molar-refractivity contribution in [2.24, 2.45) is 0 Å². The minimum absolute atomic E-state index is 0.181. The molecular weight excluding hydrogens is 222 g/mol. The summed E-state index contributed by atoms with van der Waals surface area (Å²) in [5.41, 5.74) is 1.48. The Bertz CT molecular complexity index is 257. The summed E-state index contributed by atoms with van der Waals surface area (Å²) in [5, 5.41) is 3.50. The molecule has 1 saturated heterocycles. The van der Waals surface area contributed by atoms with E-state index in [1.54, 1.807) is 0 Å². The summed E-state index contributed by atoms with van der Waals surface area (Å²) in [5.74, 6) is 0. The van der Waals surface area contributed by atoms with Crippen LogP contribution < -0.4 is 5.32 Å². The van der Waals surface area contributed by atoms with Gasteiger partial charge in [0.25, 0.3) is 0 Å². The normalized spacial score (nSPS) is 19.4. The monoisotopic (exact) mass is 253 g/mol. The van der Waals surface area contributed by atoms with Crippen LogP contribution in [-0.4, -0.2) is 61.7 Å². The molecule has 3 nitrogen and oxygen atoms in total. The van der Waals surface area contributed by atoms with Crippen molar-refractivity contribution in [3.8, 4) is 0 Å². The highest BCUT2D eigenvalue weighted by atomic mass is 15.2. The van der Waals surface area contributed by atoms with E-state index < -0.39 is 0 Å². The zero-order chi connectivity index (χ0) is 13.8. The van der Waals surface area contributed by atoms with Crippen LogP contribution in [0.15, 0.2) is 12.2 Å². The van der Waals surface area contributed by atoms with Gasteiger partial charge in [-0.05, 0) is 66.4 Å². The Hall–Kier alpha value is -0.380. The minimum Gasteiger partial charge on any atom is -0.308 e. The summed E-state index contributed by atoms with van der Waals surface area (Å²) in [6, 6.07) is 0.766. The van der Waals surface area contributed by atoms with Crippen molar-refractivity contribution in [2.75, 3.05) is 40.3 Å². The molecule has 1 aliphatic heterocycles. The Labute approximate surface area is 113 Å². The number of rotatable bonds is 5. The smallest absolute Gasteiger partial charge is 0.0202 e. The SMILES string of the molecule is C=C(CNC(C)(C)C)CN1CCC(N(C)C)CC1. The van der Waals surface area contributed by atoms with Gasteiger partial charge in [-0.3, -0.25) is 4.90 Å². The van der Waals surface area contributed by atoms with Crippen molar-refractivity contribution in [1.82, 2.24) is 15.1 Å². The fourth-order valence-corrected chi connectivity index (χ4v) is 2.36. The van der Waals surface area contributed by atoms with Crippen LogP contribution >= 0.6 is 0 Å². The first-order valence-corrected chi connectivity index (χ1v) is 7.08. The first-order chi connectivity index (χ1) is 8.28. The molecule has 0 spiro atoms. The molecule has 0 radical (unpaired) electrons. The van der Waals surface area contributed by atoms with Gasteiger partial charge in [0.15, 0.2) is 0 Å². The van der Waals surface area contributed by atoms with Gasteiger partial charge in [0, 0.05) is 24.7 Å². The lowest BCUT2D eigenvalue weighted by Crippen LogP contribution is -2.44. The molecule has 1 rings (SSSR count). The maximum absolute atomic E-state index is 4.19. The second kappa shape index (κ2) is 6.69. The molecule has 0 unspecified atom stereocenters. The zero-order valence-corrected chi connectivity index (χ0v) is 12.9. The van der Waals surface area contributed by atoms with Crippen LogP contribution in [0.5, 0.6) is 0 Å². The van der Waals surface area contributed by atoms with Gasteiger partial charge >= 0.3 is 0 Å². The second-order valence-corrected chi connectivity index (χ2v) is 6.82. The first-order valence-electron chi connectivity index (χ1n) is 7.08. The van der Waals surface area contributed by atoms with Gasteiger partial charge < -0.3 is 10.2 Å². The Morgan fingerprint density at radius 2 is 1.83 bits per heavy atom. The lowest BCUT2D eigenvalue weighted by Gasteiger charge is -2.35. The van der Waals surface area contributed by atoms with Crippen LogP contribution in [0.1, 0.15) is 33.6 Å². The van der Waals surface area contributed by atoms with Gasteiger partial charge in [0.1, 0.15) is 0 Å². The quantitative estimate of drug-likeness (QED) is 0.756. The molecule has 3 heteroatoms. The van der Waals surface area contributed by atoms with Crippen molar-refractivity contribution in [3.63, 3.8) is 0 Å². The summed E-state index contributed by atoms with van der Waals surface area (Å²) in [4.78, 5) is 4.89. The van der Waals surface area contributed by atoms with Gasteiger partial charge in [-0.15, -0.1) is 0 Å². The number of hydrogen-bond acceptors (Lipinski definition) is 3. The Morgan fingerprint density at radius 1 is 1.28 bits per heavy atom. The van der Waals surface area contributed by atoms with Crippen molar-refractivity contribution >= 4 is 0 Å². The highest BCUT2D eigenvalue weighted by Gasteiger charge is 2.20. The average Bonchev–Trinajstić information content (AvgIpc) is 2.26. The lowest BCUT2D eigenvalue weighted by atomic mass is 10.0. The molecule has 0 aromatic carbocycles. The lowest BCUT2D eigenvalue weighted by molar-refractivity contribution is 0.152.